The molecule has 0 saturated carbocycles. The zero-order valence-electron chi connectivity index (χ0n) is 12.7. The normalized spacial score (nSPS) is 11.6. The molecule has 1 aromatic carbocycles. The summed E-state index contributed by atoms with van der Waals surface area (Å²) in [7, 11) is 4.14. The van der Waals surface area contributed by atoms with Gasteiger partial charge in [0.15, 0.2) is 0 Å². The van der Waals surface area contributed by atoms with Crippen molar-refractivity contribution in [2.45, 2.75) is 39.5 Å². The molecule has 18 heavy (non-hydrogen) atoms. The molecule has 0 aromatic heterocycles. The van der Waals surface area contributed by atoms with Crippen molar-refractivity contribution in [2.75, 3.05) is 27.2 Å². The van der Waals surface area contributed by atoms with E-state index in [1.54, 1.807) is 0 Å². The lowest BCUT2D eigenvalue weighted by Gasteiger charge is -2.20. The molecular formula is C16H27NO. The van der Waals surface area contributed by atoms with E-state index in [1.807, 2.05) is 0 Å². The summed E-state index contributed by atoms with van der Waals surface area (Å²) >= 11 is 0. The van der Waals surface area contributed by atoms with Gasteiger partial charge >= 0.3 is 0 Å². The average molecular weight is 249 g/mol. The minimum Gasteiger partial charge on any atom is -0.492 e. The number of hydrogen-bond donors (Lipinski definition) is 0. The van der Waals surface area contributed by atoms with Gasteiger partial charge in [0, 0.05) is 6.54 Å². The van der Waals surface area contributed by atoms with Crippen molar-refractivity contribution in [3.05, 3.63) is 29.3 Å². The lowest BCUT2D eigenvalue weighted by molar-refractivity contribution is 0.256. The Hall–Kier alpha value is -1.02. The smallest absolute Gasteiger partial charge is 0.126 e. The second-order valence-corrected chi connectivity index (χ2v) is 5.73. The van der Waals surface area contributed by atoms with Crippen LogP contribution in [0.15, 0.2) is 18.2 Å². The molecule has 0 atom stereocenters. The van der Waals surface area contributed by atoms with Crippen LogP contribution in [-0.4, -0.2) is 32.1 Å². The molecule has 0 aliphatic rings. The van der Waals surface area contributed by atoms with Crippen LogP contribution in [0.1, 0.15) is 50.7 Å². The van der Waals surface area contributed by atoms with Crippen LogP contribution in [0.2, 0.25) is 0 Å². The maximum Gasteiger partial charge on any atom is 0.126 e. The molecule has 1 rings (SSSR count). The first-order valence-corrected chi connectivity index (χ1v) is 6.83. The van der Waals surface area contributed by atoms with Crippen molar-refractivity contribution in [2.24, 2.45) is 0 Å². The predicted octanol–water partition coefficient (Wildman–Crippen LogP) is 3.87. The third-order valence-corrected chi connectivity index (χ3v) is 3.10. The SMILES string of the molecule is CC(C)c1cccc(C(C)C)c1OCCN(C)C. The summed E-state index contributed by atoms with van der Waals surface area (Å²) in [6.45, 7) is 10.6. The molecule has 1 aromatic rings. The van der Waals surface area contributed by atoms with Crippen molar-refractivity contribution in [1.29, 1.82) is 0 Å². The Bertz CT molecular complexity index is 343. The maximum atomic E-state index is 6.06. The van der Waals surface area contributed by atoms with Crippen LogP contribution in [0.4, 0.5) is 0 Å². The van der Waals surface area contributed by atoms with Gasteiger partial charge in [-0.15, -0.1) is 0 Å². The number of para-hydroxylation sites is 1. The fourth-order valence-electron chi connectivity index (χ4n) is 1.98. The number of rotatable bonds is 6. The van der Waals surface area contributed by atoms with Gasteiger partial charge in [-0.2, -0.15) is 0 Å². The average Bonchev–Trinajstić information content (AvgIpc) is 2.28. The van der Waals surface area contributed by atoms with Crippen LogP contribution in [0.25, 0.3) is 0 Å². The third-order valence-electron chi connectivity index (χ3n) is 3.10. The maximum absolute atomic E-state index is 6.06. The minimum atomic E-state index is 0.498. The molecular weight excluding hydrogens is 222 g/mol. The molecule has 0 amide bonds. The fraction of sp³-hybridized carbons (Fsp3) is 0.625. The van der Waals surface area contributed by atoms with E-state index in [0.717, 1.165) is 18.9 Å². The van der Waals surface area contributed by atoms with Crippen LogP contribution in [0.5, 0.6) is 5.75 Å². The van der Waals surface area contributed by atoms with Crippen LogP contribution < -0.4 is 4.74 Å². The first-order valence-electron chi connectivity index (χ1n) is 6.83. The fourth-order valence-corrected chi connectivity index (χ4v) is 1.98. The molecule has 2 heteroatoms. The van der Waals surface area contributed by atoms with E-state index in [2.05, 4.69) is 64.9 Å². The van der Waals surface area contributed by atoms with Crippen molar-refractivity contribution in [3.63, 3.8) is 0 Å². The van der Waals surface area contributed by atoms with Crippen molar-refractivity contribution in [3.8, 4) is 5.75 Å². The molecule has 0 N–H and O–H groups in total. The van der Waals surface area contributed by atoms with E-state index in [0.29, 0.717) is 11.8 Å². The Morgan fingerprint density at radius 2 is 1.50 bits per heavy atom. The zero-order valence-corrected chi connectivity index (χ0v) is 12.7. The molecule has 0 bridgehead atoms. The summed E-state index contributed by atoms with van der Waals surface area (Å²) in [6.07, 6.45) is 0. The van der Waals surface area contributed by atoms with E-state index in [-0.39, 0.29) is 0 Å². The van der Waals surface area contributed by atoms with Gasteiger partial charge in [0.1, 0.15) is 12.4 Å². The van der Waals surface area contributed by atoms with Crippen LogP contribution in [0, 0.1) is 0 Å². The molecule has 0 spiro atoms. The molecule has 0 aliphatic heterocycles. The second kappa shape index (κ2) is 6.79. The highest BCUT2D eigenvalue weighted by Gasteiger charge is 2.14. The molecule has 0 saturated heterocycles. The standard InChI is InChI=1S/C16H27NO/c1-12(2)14-8-7-9-15(13(3)4)16(14)18-11-10-17(5)6/h7-9,12-13H,10-11H2,1-6H3. The highest BCUT2D eigenvalue weighted by molar-refractivity contribution is 5.44. The summed E-state index contributed by atoms with van der Waals surface area (Å²) in [6, 6.07) is 6.51. The Balaban J connectivity index is 2.96. The van der Waals surface area contributed by atoms with E-state index in [1.165, 1.54) is 11.1 Å². The summed E-state index contributed by atoms with van der Waals surface area (Å²) < 4.78 is 6.06. The predicted molar refractivity (Wildman–Crippen MR) is 78.7 cm³/mol. The number of benzene rings is 1. The van der Waals surface area contributed by atoms with Gasteiger partial charge in [-0.05, 0) is 37.1 Å². The highest BCUT2D eigenvalue weighted by Crippen LogP contribution is 2.34. The van der Waals surface area contributed by atoms with E-state index >= 15 is 0 Å². The second-order valence-electron chi connectivity index (χ2n) is 5.73. The van der Waals surface area contributed by atoms with E-state index in [9.17, 15) is 0 Å². The van der Waals surface area contributed by atoms with Crippen molar-refractivity contribution < 1.29 is 4.74 Å². The Kier molecular flexibility index (Phi) is 5.67. The monoisotopic (exact) mass is 249 g/mol. The van der Waals surface area contributed by atoms with E-state index < -0.39 is 0 Å². The first kappa shape index (κ1) is 15.0. The molecule has 2 nitrogen and oxygen atoms in total. The van der Waals surface area contributed by atoms with Crippen LogP contribution in [0.3, 0.4) is 0 Å². The van der Waals surface area contributed by atoms with Gasteiger partial charge in [0.05, 0.1) is 0 Å². The van der Waals surface area contributed by atoms with Gasteiger partial charge in [0.25, 0.3) is 0 Å². The van der Waals surface area contributed by atoms with Crippen LogP contribution in [-0.2, 0) is 0 Å². The molecule has 0 unspecified atom stereocenters. The van der Waals surface area contributed by atoms with Gasteiger partial charge in [-0.3, -0.25) is 0 Å². The number of nitrogens with zero attached hydrogens (tertiary/aromatic N) is 1. The molecule has 0 fully saturated rings. The third kappa shape index (κ3) is 4.02. The number of likely N-dealkylation sites (N-methyl/N-ethyl adjacent to an activating group) is 1. The van der Waals surface area contributed by atoms with Gasteiger partial charge in [0.2, 0.25) is 0 Å². The minimum absolute atomic E-state index is 0.498. The Morgan fingerprint density at radius 1 is 1.00 bits per heavy atom. The number of hydrogen-bond acceptors (Lipinski definition) is 2. The zero-order chi connectivity index (χ0) is 13.7. The van der Waals surface area contributed by atoms with Gasteiger partial charge < -0.3 is 9.64 Å². The van der Waals surface area contributed by atoms with Gasteiger partial charge in [-0.25, -0.2) is 0 Å². The summed E-state index contributed by atoms with van der Waals surface area (Å²) in [5.41, 5.74) is 2.64. The van der Waals surface area contributed by atoms with E-state index in [4.69, 9.17) is 4.74 Å². The van der Waals surface area contributed by atoms with Crippen LogP contribution >= 0.6 is 0 Å². The number of ether oxygens (including phenoxy) is 1. The summed E-state index contributed by atoms with van der Waals surface area (Å²) in [5, 5.41) is 0. The molecule has 0 aliphatic carbocycles. The molecule has 0 heterocycles. The summed E-state index contributed by atoms with van der Waals surface area (Å²) in [4.78, 5) is 2.15. The Morgan fingerprint density at radius 3 is 1.89 bits per heavy atom. The molecule has 0 radical (unpaired) electrons. The first-order chi connectivity index (χ1) is 8.43. The quantitative estimate of drug-likeness (QED) is 0.758. The largest absolute Gasteiger partial charge is 0.492 e. The molecule has 102 valence electrons. The Labute approximate surface area is 112 Å². The van der Waals surface area contributed by atoms with Crippen molar-refractivity contribution in [1.82, 2.24) is 4.90 Å². The lowest BCUT2D eigenvalue weighted by Crippen LogP contribution is -2.20. The lowest BCUT2D eigenvalue weighted by atomic mass is 9.94. The van der Waals surface area contributed by atoms with Gasteiger partial charge in [-0.1, -0.05) is 45.9 Å². The summed E-state index contributed by atoms with van der Waals surface area (Å²) in [5.74, 6) is 2.10. The topological polar surface area (TPSA) is 12.5 Å². The highest BCUT2D eigenvalue weighted by atomic mass is 16.5. The van der Waals surface area contributed by atoms with Crippen molar-refractivity contribution >= 4 is 0 Å².